The zero-order valence-corrected chi connectivity index (χ0v) is 12.7. The molecule has 0 saturated heterocycles. The van der Waals surface area contributed by atoms with E-state index >= 15 is 0 Å². The van der Waals surface area contributed by atoms with Gasteiger partial charge in [0.15, 0.2) is 5.92 Å². The number of benzene rings is 1. The summed E-state index contributed by atoms with van der Waals surface area (Å²) in [4.78, 5) is 17.8. The molecule has 0 heterocycles. The van der Waals surface area contributed by atoms with Crippen LogP contribution in [0.15, 0.2) is 35.3 Å². The van der Waals surface area contributed by atoms with Gasteiger partial charge < -0.3 is 9.64 Å². The molecule has 112 valence electrons. The van der Waals surface area contributed by atoms with Crippen molar-refractivity contribution in [2.24, 2.45) is 10.9 Å². The Kier molecular flexibility index (Phi) is 7.13. The molecule has 0 N–H and O–H groups in total. The van der Waals surface area contributed by atoms with Crippen LogP contribution < -0.4 is 0 Å². The first-order chi connectivity index (χ1) is 10.1. The van der Waals surface area contributed by atoms with Crippen molar-refractivity contribution in [1.82, 2.24) is 4.90 Å². The van der Waals surface area contributed by atoms with E-state index in [0.717, 1.165) is 5.56 Å². The highest BCUT2D eigenvalue weighted by Gasteiger charge is 2.17. The first-order valence-corrected chi connectivity index (χ1v) is 6.87. The Morgan fingerprint density at radius 2 is 2.10 bits per heavy atom. The number of esters is 1. The van der Waals surface area contributed by atoms with Gasteiger partial charge in [-0.2, -0.15) is 5.26 Å². The van der Waals surface area contributed by atoms with Gasteiger partial charge in [0.25, 0.3) is 0 Å². The number of hydrogen-bond acceptors (Lipinski definition) is 5. The topological polar surface area (TPSA) is 65.7 Å². The Balaban J connectivity index is 2.71. The van der Waals surface area contributed by atoms with Crippen LogP contribution in [0.4, 0.5) is 0 Å². The van der Waals surface area contributed by atoms with E-state index in [9.17, 15) is 4.79 Å². The van der Waals surface area contributed by atoms with Gasteiger partial charge in [0, 0.05) is 6.21 Å². The van der Waals surface area contributed by atoms with E-state index in [2.05, 4.69) is 9.89 Å². The molecule has 21 heavy (non-hydrogen) atoms. The average molecular weight is 287 g/mol. The smallest absolute Gasteiger partial charge is 0.328 e. The molecule has 2 atom stereocenters. The molecule has 1 aromatic rings. The third-order valence-corrected chi connectivity index (χ3v) is 3.02. The molecule has 0 fully saturated rings. The monoisotopic (exact) mass is 287 g/mol. The van der Waals surface area contributed by atoms with Crippen LogP contribution in [-0.4, -0.2) is 44.3 Å². The largest absolute Gasteiger partial charge is 0.465 e. The number of nitriles is 1. The molecule has 1 aromatic carbocycles. The molecule has 0 saturated carbocycles. The number of aliphatic imine (C=N–C) groups is 1. The van der Waals surface area contributed by atoms with Gasteiger partial charge in [0.2, 0.25) is 0 Å². The van der Waals surface area contributed by atoms with Crippen LogP contribution in [0.3, 0.4) is 0 Å². The Labute approximate surface area is 125 Å². The highest BCUT2D eigenvalue weighted by Crippen LogP contribution is 2.17. The molecular weight excluding hydrogens is 266 g/mol. The molecule has 0 spiro atoms. The first kappa shape index (κ1) is 16.9. The number of likely N-dealkylation sites (N-methyl/N-ethyl adjacent to an activating group) is 1. The summed E-state index contributed by atoms with van der Waals surface area (Å²) in [7, 11) is 3.95. The summed E-state index contributed by atoms with van der Waals surface area (Å²) in [6.45, 7) is 2.45. The van der Waals surface area contributed by atoms with E-state index in [-0.39, 0.29) is 12.6 Å². The molecule has 0 bridgehead atoms. The zero-order valence-electron chi connectivity index (χ0n) is 12.7. The molecule has 0 radical (unpaired) electrons. The van der Waals surface area contributed by atoms with Crippen molar-refractivity contribution in [3.63, 3.8) is 0 Å². The Bertz CT molecular complexity index is 506. The van der Waals surface area contributed by atoms with Crippen molar-refractivity contribution in [3.05, 3.63) is 35.9 Å². The molecule has 0 unspecified atom stereocenters. The summed E-state index contributed by atoms with van der Waals surface area (Å²) in [5.74, 6) is -1.49. The van der Waals surface area contributed by atoms with Crippen molar-refractivity contribution in [3.8, 4) is 6.07 Å². The van der Waals surface area contributed by atoms with E-state index in [1.807, 2.05) is 50.5 Å². The van der Waals surface area contributed by atoms with Crippen molar-refractivity contribution in [1.29, 1.82) is 5.26 Å². The quantitative estimate of drug-likeness (QED) is 0.569. The number of hydrogen-bond donors (Lipinski definition) is 0. The number of ether oxygens (including phenoxy) is 1. The Morgan fingerprint density at radius 3 is 2.62 bits per heavy atom. The maximum Gasteiger partial charge on any atom is 0.328 e. The van der Waals surface area contributed by atoms with Gasteiger partial charge in [-0.05, 0) is 26.6 Å². The Morgan fingerprint density at radius 1 is 1.43 bits per heavy atom. The Hall–Kier alpha value is -2.19. The fraction of sp³-hybridized carbons (Fsp3) is 0.438. The molecule has 5 heteroatoms. The predicted octanol–water partition coefficient (Wildman–Crippen LogP) is 2.06. The second kappa shape index (κ2) is 8.88. The molecule has 0 aliphatic rings. The lowest BCUT2D eigenvalue weighted by molar-refractivity contribution is -0.143. The van der Waals surface area contributed by atoms with E-state index in [0.29, 0.717) is 6.54 Å². The maximum absolute atomic E-state index is 11.5. The van der Waals surface area contributed by atoms with Crippen LogP contribution in [0.1, 0.15) is 18.5 Å². The minimum atomic E-state index is -0.941. The van der Waals surface area contributed by atoms with Crippen LogP contribution >= 0.6 is 0 Å². The van der Waals surface area contributed by atoms with E-state index in [1.165, 1.54) is 6.21 Å². The number of nitrogens with zero attached hydrogens (tertiary/aromatic N) is 3. The number of rotatable bonds is 7. The standard InChI is InChI=1S/C16H21N3O2/c1-4-21-16(20)14(10-17)11-18-12-15(19(2)3)13-8-6-5-7-9-13/h5-9,11,14-15H,4,12H2,1-3H3/t14-,15-/m0/s1. The van der Waals surface area contributed by atoms with Crippen LogP contribution in [0, 0.1) is 17.2 Å². The van der Waals surface area contributed by atoms with Gasteiger partial charge in [-0.25, -0.2) is 0 Å². The lowest BCUT2D eigenvalue weighted by Gasteiger charge is -2.23. The van der Waals surface area contributed by atoms with Crippen LogP contribution in [-0.2, 0) is 9.53 Å². The van der Waals surface area contributed by atoms with Gasteiger partial charge >= 0.3 is 5.97 Å². The van der Waals surface area contributed by atoms with Crippen LogP contribution in [0.25, 0.3) is 0 Å². The number of carbonyl (C=O) groups is 1. The second-order valence-electron chi connectivity index (χ2n) is 4.76. The lowest BCUT2D eigenvalue weighted by Crippen LogP contribution is -2.23. The van der Waals surface area contributed by atoms with Crippen LogP contribution in [0.5, 0.6) is 0 Å². The normalized spacial score (nSPS) is 13.9. The molecule has 5 nitrogen and oxygen atoms in total. The highest BCUT2D eigenvalue weighted by molar-refractivity contribution is 5.92. The fourth-order valence-electron chi connectivity index (χ4n) is 1.89. The van der Waals surface area contributed by atoms with Gasteiger partial charge in [-0.1, -0.05) is 30.3 Å². The first-order valence-electron chi connectivity index (χ1n) is 6.87. The molecule has 0 aromatic heterocycles. The van der Waals surface area contributed by atoms with Gasteiger partial charge in [0.1, 0.15) is 0 Å². The molecular formula is C16H21N3O2. The molecule has 1 rings (SSSR count). The summed E-state index contributed by atoms with van der Waals surface area (Å²) in [6, 6.07) is 12.0. The third-order valence-electron chi connectivity index (χ3n) is 3.02. The summed E-state index contributed by atoms with van der Waals surface area (Å²) in [6.07, 6.45) is 1.37. The SMILES string of the molecule is CCOC(=O)[C@@H](C#N)C=NC[C@@H](c1ccccc1)N(C)C. The molecule has 0 aliphatic carbocycles. The van der Waals surface area contributed by atoms with Crippen LogP contribution in [0.2, 0.25) is 0 Å². The summed E-state index contributed by atoms with van der Waals surface area (Å²) in [5.41, 5.74) is 1.14. The highest BCUT2D eigenvalue weighted by atomic mass is 16.5. The van der Waals surface area contributed by atoms with Crippen molar-refractivity contribution < 1.29 is 9.53 Å². The summed E-state index contributed by atoms with van der Waals surface area (Å²) < 4.78 is 4.82. The second-order valence-corrected chi connectivity index (χ2v) is 4.76. The van der Waals surface area contributed by atoms with Gasteiger partial charge in [-0.3, -0.25) is 9.79 Å². The molecule has 0 aliphatic heterocycles. The average Bonchev–Trinajstić information content (AvgIpc) is 2.48. The van der Waals surface area contributed by atoms with Gasteiger partial charge in [0.05, 0.1) is 25.3 Å². The summed E-state index contributed by atoms with van der Waals surface area (Å²) >= 11 is 0. The van der Waals surface area contributed by atoms with Crippen molar-refractivity contribution in [2.75, 3.05) is 27.2 Å². The van der Waals surface area contributed by atoms with E-state index < -0.39 is 11.9 Å². The van der Waals surface area contributed by atoms with Crippen molar-refractivity contribution in [2.45, 2.75) is 13.0 Å². The number of carbonyl (C=O) groups excluding carboxylic acids is 1. The molecule has 0 amide bonds. The lowest BCUT2D eigenvalue weighted by atomic mass is 10.1. The van der Waals surface area contributed by atoms with E-state index in [1.54, 1.807) is 6.92 Å². The fourth-order valence-corrected chi connectivity index (χ4v) is 1.89. The summed E-state index contributed by atoms with van der Waals surface area (Å²) in [5, 5.41) is 8.96. The zero-order chi connectivity index (χ0) is 15.7. The van der Waals surface area contributed by atoms with E-state index in [4.69, 9.17) is 10.00 Å². The third kappa shape index (κ3) is 5.36. The predicted molar refractivity (Wildman–Crippen MR) is 82.0 cm³/mol. The minimum Gasteiger partial charge on any atom is -0.465 e. The van der Waals surface area contributed by atoms with Gasteiger partial charge in [-0.15, -0.1) is 0 Å². The van der Waals surface area contributed by atoms with Crippen molar-refractivity contribution >= 4 is 12.2 Å². The maximum atomic E-state index is 11.5. The minimum absolute atomic E-state index is 0.101.